The van der Waals surface area contributed by atoms with E-state index in [9.17, 15) is 0 Å². The van der Waals surface area contributed by atoms with Gasteiger partial charge in [-0.2, -0.15) is 0 Å². The Hall–Kier alpha value is -0.930. The molecule has 1 N–H and O–H groups in total. The largest absolute Gasteiger partial charge is 0.365 e. The van der Waals surface area contributed by atoms with E-state index in [0.717, 1.165) is 38.2 Å². The molecule has 1 aromatic rings. The summed E-state index contributed by atoms with van der Waals surface area (Å²) < 4.78 is 6.03. The summed E-state index contributed by atoms with van der Waals surface area (Å²) in [7, 11) is 0. The molecule has 0 atom stereocenters. The molecular formula is C12H16N2O. The van der Waals surface area contributed by atoms with Gasteiger partial charge in [-0.25, -0.2) is 0 Å². The van der Waals surface area contributed by atoms with Crippen molar-refractivity contribution in [1.29, 1.82) is 0 Å². The van der Waals surface area contributed by atoms with Crippen LogP contribution in [-0.2, 0) is 16.9 Å². The highest BCUT2D eigenvalue weighted by molar-refractivity contribution is 5.35. The molecular weight excluding hydrogens is 188 g/mol. The third-order valence-corrected chi connectivity index (χ3v) is 3.53. The molecule has 1 aromatic heterocycles. The van der Waals surface area contributed by atoms with E-state index in [0.29, 0.717) is 0 Å². The van der Waals surface area contributed by atoms with Crippen molar-refractivity contribution in [2.45, 2.75) is 32.0 Å². The molecule has 0 saturated carbocycles. The number of piperidine rings is 1. The molecule has 1 fully saturated rings. The topological polar surface area (TPSA) is 34.1 Å². The smallest absolute Gasteiger partial charge is 0.0964 e. The first kappa shape index (κ1) is 9.31. The van der Waals surface area contributed by atoms with Crippen LogP contribution in [0.25, 0.3) is 0 Å². The summed E-state index contributed by atoms with van der Waals surface area (Å²) in [6.45, 7) is 4.90. The van der Waals surface area contributed by atoms with Gasteiger partial charge in [-0.05, 0) is 44.5 Å². The first-order valence-corrected chi connectivity index (χ1v) is 5.61. The summed E-state index contributed by atoms with van der Waals surface area (Å²) in [5, 5.41) is 3.39. The molecule has 15 heavy (non-hydrogen) atoms. The second-order valence-corrected chi connectivity index (χ2v) is 4.52. The molecule has 0 aromatic carbocycles. The lowest BCUT2D eigenvalue weighted by molar-refractivity contribution is -0.0590. The van der Waals surface area contributed by atoms with Crippen LogP contribution >= 0.6 is 0 Å². The summed E-state index contributed by atoms with van der Waals surface area (Å²) >= 11 is 0. The Labute approximate surface area is 89.9 Å². The second kappa shape index (κ2) is 3.29. The third kappa shape index (κ3) is 1.38. The number of aryl methyl sites for hydroxylation is 1. The average Bonchev–Trinajstić information content (AvgIpc) is 2.59. The van der Waals surface area contributed by atoms with Crippen LogP contribution in [0.3, 0.4) is 0 Å². The van der Waals surface area contributed by atoms with Crippen molar-refractivity contribution in [3.05, 3.63) is 29.1 Å². The molecule has 0 bridgehead atoms. The van der Waals surface area contributed by atoms with E-state index in [2.05, 4.69) is 16.4 Å². The lowest BCUT2D eigenvalue weighted by Gasteiger charge is -2.34. The normalized spacial score (nSPS) is 23.0. The van der Waals surface area contributed by atoms with Crippen LogP contribution in [0.15, 0.2) is 12.3 Å². The molecule has 2 aliphatic heterocycles. The van der Waals surface area contributed by atoms with Gasteiger partial charge in [0.15, 0.2) is 0 Å². The van der Waals surface area contributed by atoms with Crippen LogP contribution in [-0.4, -0.2) is 18.1 Å². The highest BCUT2D eigenvalue weighted by Crippen LogP contribution is 2.42. The summed E-state index contributed by atoms with van der Waals surface area (Å²) in [4.78, 5) is 4.33. The lowest BCUT2D eigenvalue weighted by Crippen LogP contribution is -2.39. The van der Waals surface area contributed by atoms with Crippen molar-refractivity contribution in [1.82, 2.24) is 10.3 Å². The predicted molar refractivity (Wildman–Crippen MR) is 57.5 cm³/mol. The van der Waals surface area contributed by atoms with Crippen LogP contribution in [0.4, 0.5) is 0 Å². The molecule has 2 aliphatic rings. The minimum atomic E-state index is -0.00567. The van der Waals surface area contributed by atoms with E-state index in [-0.39, 0.29) is 5.60 Å². The van der Waals surface area contributed by atoms with E-state index in [4.69, 9.17) is 4.74 Å². The number of nitrogens with one attached hydrogen (secondary N) is 1. The van der Waals surface area contributed by atoms with E-state index in [1.165, 1.54) is 11.1 Å². The van der Waals surface area contributed by atoms with Crippen molar-refractivity contribution in [2.75, 3.05) is 13.1 Å². The highest BCUT2D eigenvalue weighted by atomic mass is 16.5. The van der Waals surface area contributed by atoms with Crippen molar-refractivity contribution in [2.24, 2.45) is 0 Å². The molecule has 0 amide bonds. The maximum atomic E-state index is 6.03. The molecule has 80 valence electrons. The zero-order chi connectivity index (χ0) is 10.3. The van der Waals surface area contributed by atoms with Crippen molar-refractivity contribution in [3.8, 4) is 0 Å². The van der Waals surface area contributed by atoms with E-state index >= 15 is 0 Å². The first-order chi connectivity index (χ1) is 7.30. The molecule has 3 rings (SSSR count). The Morgan fingerprint density at radius 3 is 3.00 bits per heavy atom. The predicted octanol–water partition coefficient (Wildman–Crippen LogP) is 1.50. The molecule has 0 unspecified atom stereocenters. The Balaban J connectivity index is 2.05. The Bertz CT molecular complexity index is 378. The van der Waals surface area contributed by atoms with Gasteiger partial charge in [0.25, 0.3) is 0 Å². The van der Waals surface area contributed by atoms with Crippen LogP contribution in [0.1, 0.15) is 29.7 Å². The van der Waals surface area contributed by atoms with Crippen molar-refractivity contribution >= 4 is 0 Å². The van der Waals surface area contributed by atoms with Gasteiger partial charge in [0, 0.05) is 17.5 Å². The maximum absolute atomic E-state index is 6.03. The zero-order valence-corrected chi connectivity index (χ0v) is 9.05. The number of ether oxygens (including phenoxy) is 1. The minimum Gasteiger partial charge on any atom is -0.365 e. The molecule has 3 heterocycles. The standard InChI is InChI=1S/C12H16N2O/c1-9-6-11-10(7-14-9)8-15-12(11)2-4-13-5-3-12/h6-7,13H,2-5,8H2,1H3. The number of hydrogen-bond acceptors (Lipinski definition) is 3. The zero-order valence-electron chi connectivity index (χ0n) is 9.05. The van der Waals surface area contributed by atoms with E-state index < -0.39 is 0 Å². The SMILES string of the molecule is Cc1cc2c(cn1)COC21CCNCC1. The Morgan fingerprint density at radius 2 is 2.20 bits per heavy atom. The summed E-state index contributed by atoms with van der Waals surface area (Å²) in [6, 6.07) is 2.20. The number of hydrogen-bond donors (Lipinski definition) is 1. The fourth-order valence-electron chi connectivity index (χ4n) is 2.67. The van der Waals surface area contributed by atoms with Gasteiger partial charge in [-0.1, -0.05) is 0 Å². The molecule has 3 heteroatoms. The first-order valence-electron chi connectivity index (χ1n) is 5.61. The van der Waals surface area contributed by atoms with E-state index in [1.54, 1.807) is 0 Å². The van der Waals surface area contributed by atoms with Crippen LogP contribution in [0, 0.1) is 6.92 Å². The van der Waals surface area contributed by atoms with Crippen LogP contribution in [0.5, 0.6) is 0 Å². The number of pyridine rings is 1. The fourth-order valence-corrected chi connectivity index (χ4v) is 2.67. The maximum Gasteiger partial charge on any atom is 0.0964 e. The van der Waals surface area contributed by atoms with Gasteiger partial charge >= 0.3 is 0 Å². The summed E-state index contributed by atoms with van der Waals surface area (Å²) in [6.07, 6.45) is 4.15. The van der Waals surface area contributed by atoms with Gasteiger partial charge in [0.2, 0.25) is 0 Å². The monoisotopic (exact) mass is 204 g/mol. The number of aromatic nitrogens is 1. The Morgan fingerprint density at radius 1 is 1.40 bits per heavy atom. The van der Waals surface area contributed by atoms with Gasteiger partial charge in [0.1, 0.15) is 0 Å². The summed E-state index contributed by atoms with van der Waals surface area (Å²) in [5.41, 5.74) is 3.75. The van der Waals surface area contributed by atoms with Crippen LogP contribution < -0.4 is 5.32 Å². The van der Waals surface area contributed by atoms with Crippen molar-refractivity contribution in [3.63, 3.8) is 0 Å². The molecule has 3 nitrogen and oxygen atoms in total. The lowest BCUT2D eigenvalue weighted by atomic mass is 9.85. The summed E-state index contributed by atoms with van der Waals surface area (Å²) in [5.74, 6) is 0. The quantitative estimate of drug-likeness (QED) is 0.695. The Kier molecular flexibility index (Phi) is 2.04. The van der Waals surface area contributed by atoms with Crippen molar-refractivity contribution < 1.29 is 4.74 Å². The van der Waals surface area contributed by atoms with Crippen LogP contribution in [0.2, 0.25) is 0 Å². The van der Waals surface area contributed by atoms with Gasteiger partial charge < -0.3 is 10.1 Å². The number of nitrogens with zero attached hydrogens (tertiary/aromatic N) is 1. The molecule has 0 aliphatic carbocycles. The van der Waals surface area contributed by atoms with Gasteiger partial charge in [0.05, 0.1) is 12.2 Å². The molecule has 1 saturated heterocycles. The second-order valence-electron chi connectivity index (χ2n) is 4.52. The molecule has 0 radical (unpaired) electrons. The number of fused-ring (bicyclic) bond motifs is 2. The van der Waals surface area contributed by atoms with Gasteiger partial charge in [-0.15, -0.1) is 0 Å². The third-order valence-electron chi connectivity index (χ3n) is 3.53. The minimum absolute atomic E-state index is 0.00567. The fraction of sp³-hybridized carbons (Fsp3) is 0.583. The average molecular weight is 204 g/mol. The van der Waals surface area contributed by atoms with E-state index in [1.807, 2.05) is 13.1 Å². The molecule has 1 spiro atoms. The number of rotatable bonds is 0. The van der Waals surface area contributed by atoms with Gasteiger partial charge in [-0.3, -0.25) is 4.98 Å². The highest BCUT2D eigenvalue weighted by Gasteiger charge is 2.40.